The Morgan fingerprint density at radius 1 is 1.16 bits per heavy atom. The maximum Gasteiger partial charge on any atom is 0.269 e. The highest BCUT2D eigenvalue weighted by molar-refractivity contribution is 5.92. The quantitative estimate of drug-likeness (QED) is 0.624. The molecule has 32 heavy (non-hydrogen) atoms. The molecule has 0 saturated heterocycles. The molecule has 1 aliphatic rings. The van der Waals surface area contributed by atoms with Crippen LogP contribution in [0.2, 0.25) is 0 Å². The number of amides is 1. The Hall–Kier alpha value is -3.61. The highest BCUT2D eigenvalue weighted by Crippen LogP contribution is 2.33. The lowest BCUT2D eigenvalue weighted by atomic mass is 9.96. The third-order valence-electron chi connectivity index (χ3n) is 6.02. The Balaban J connectivity index is 1.62. The van der Waals surface area contributed by atoms with Gasteiger partial charge in [-0.3, -0.25) is 9.78 Å². The lowest BCUT2D eigenvalue weighted by molar-refractivity contribution is 0.0957. The smallest absolute Gasteiger partial charge is 0.269 e. The molecule has 0 aliphatic heterocycles. The largest absolute Gasteiger partial charge is 0.461 e. The molecular formula is C25H29N5O2. The summed E-state index contributed by atoms with van der Waals surface area (Å²) in [5, 5.41) is 6.08. The van der Waals surface area contributed by atoms with Crippen molar-refractivity contribution in [3.05, 3.63) is 70.0 Å². The topological polar surface area (TPSA) is 81.1 Å². The molecule has 0 spiro atoms. The standard InChI is InChI=1S/C25H29N5O2/c1-14-9-16(3)19(10-15(14)2)28-25-29-20-13-23(17(4)11-22(20)30(25)6)32-18-7-8-27-21(12-18)24(31)26-5/h7-10,12-13,17H,11H2,1-6H3,(H,26,31)(H,28,29). The molecule has 7 nitrogen and oxygen atoms in total. The summed E-state index contributed by atoms with van der Waals surface area (Å²) in [6, 6.07) is 7.76. The molecule has 2 heterocycles. The second kappa shape index (κ2) is 8.49. The number of pyridine rings is 1. The van der Waals surface area contributed by atoms with Gasteiger partial charge in [-0.15, -0.1) is 0 Å². The second-order valence-corrected chi connectivity index (χ2v) is 8.41. The number of hydrogen-bond donors (Lipinski definition) is 2. The molecular weight excluding hydrogens is 402 g/mol. The number of aromatic nitrogens is 3. The molecule has 0 saturated carbocycles. The van der Waals surface area contributed by atoms with Gasteiger partial charge in [0.2, 0.25) is 5.95 Å². The van der Waals surface area contributed by atoms with Gasteiger partial charge in [0.15, 0.2) is 0 Å². The first-order chi connectivity index (χ1) is 15.3. The average molecular weight is 432 g/mol. The summed E-state index contributed by atoms with van der Waals surface area (Å²) in [6.07, 6.45) is 4.38. The molecule has 1 amide bonds. The Labute approximate surface area is 188 Å². The molecule has 1 aromatic carbocycles. The van der Waals surface area contributed by atoms with Crippen LogP contribution in [0.4, 0.5) is 11.6 Å². The molecule has 3 aromatic rings. The Bertz CT molecular complexity index is 1230. The van der Waals surface area contributed by atoms with Gasteiger partial charge in [0.1, 0.15) is 17.2 Å². The van der Waals surface area contributed by atoms with E-state index in [2.05, 4.69) is 60.0 Å². The molecule has 1 atom stereocenters. The molecule has 4 rings (SSSR count). The fourth-order valence-electron chi connectivity index (χ4n) is 3.90. The number of allylic oxidation sites excluding steroid dienone is 1. The number of carbonyl (C=O) groups excluding carboxylic acids is 1. The maximum absolute atomic E-state index is 11.9. The fourth-order valence-corrected chi connectivity index (χ4v) is 3.90. The molecule has 0 fully saturated rings. The highest BCUT2D eigenvalue weighted by atomic mass is 16.5. The number of fused-ring (bicyclic) bond motifs is 1. The number of ether oxygens (including phenoxy) is 1. The van der Waals surface area contributed by atoms with Crippen LogP contribution in [-0.4, -0.2) is 27.5 Å². The van der Waals surface area contributed by atoms with E-state index in [1.165, 1.54) is 16.7 Å². The zero-order chi connectivity index (χ0) is 23.0. The summed E-state index contributed by atoms with van der Waals surface area (Å²) in [5.74, 6) is 2.13. The van der Waals surface area contributed by atoms with E-state index >= 15 is 0 Å². The lowest BCUT2D eigenvalue weighted by Gasteiger charge is -2.21. The second-order valence-electron chi connectivity index (χ2n) is 8.41. The van der Waals surface area contributed by atoms with Gasteiger partial charge >= 0.3 is 0 Å². The predicted molar refractivity (Wildman–Crippen MR) is 126 cm³/mol. The SMILES string of the molecule is CNC(=O)c1cc(OC2=Cc3nc(Nc4cc(C)c(C)cc4C)n(C)c3CC2C)ccn1. The van der Waals surface area contributed by atoms with Crippen molar-refractivity contribution in [3.8, 4) is 5.75 Å². The first kappa shape index (κ1) is 21.6. The maximum atomic E-state index is 11.9. The van der Waals surface area contributed by atoms with Gasteiger partial charge in [0.05, 0.1) is 5.69 Å². The van der Waals surface area contributed by atoms with Crippen LogP contribution in [0.5, 0.6) is 5.75 Å². The van der Waals surface area contributed by atoms with Crippen LogP contribution in [0, 0.1) is 26.7 Å². The summed E-state index contributed by atoms with van der Waals surface area (Å²) in [6.45, 7) is 8.47. The highest BCUT2D eigenvalue weighted by Gasteiger charge is 2.25. The zero-order valence-corrected chi connectivity index (χ0v) is 19.4. The van der Waals surface area contributed by atoms with Crippen LogP contribution in [0.25, 0.3) is 6.08 Å². The van der Waals surface area contributed by atoms with Crippen molar-refractivity contribution in [1.82, 2.24) is 19.9 Å². The molecule has 1 aliphatic carbocycles. The van der Waals surface area contributed by atoms with Gasteiger partial charge in [0, 0.05) is 49.7 Å². The normalized spacial score (nSPS) is 15.1. The van der Waals surface area contributed by atoms with E-state index in [9.17, 15) is 4.79 Å². The predicted octanol–water partition coefficient (Wildman–Crippen LogP) is 4.46. The minimum atomic E-state index is -0.245. The van der Waals surface area contributed by atoms with Crippen LogP contribution in [0.1, 0.15) is 45.5 Å². The van der Waals surface area contributed by atoms with E-state index in [4.69, 9.17) is 9.72 Å². The summed E-state index contributed by atoms with van der Waals surface area (Å²) in [4.78, 5) is 20.8. The Kier molecular flexibility index (Phi) is 5.74. The fraction of sp³-hybridized carbons (Fsp3) is 0.320. The number of carbonyl (C=O) groups is 1. The van der Waals surface area contributed by atoms with Crippen molar-refractivity contribution in [2.45, 2.75) is 34.1 Å². The number of imidazole rings is 1. The van der Waals surface area contributed by atoms with Crippen molar-refractivity contribution < 1.29 is 9.53 Å². The van der Waals surface area contributed by atoms with E-state index in [1.807, 2.05) is 13.1 Å². The average Bonchev–Trinajstić information content (AvgIpc) is 3.06. The lowest BCUT2D eigenvalue weighted by Crippen LogP contribution is -2.19. The van der Waals surface area contributed by atoms with E-state index in [0.29, 0.717) is 11.4 Å². The zero-order valence-electron chi connectivity index (χ0n) is 19.4. The van der Waals surface area contributed by atoms with Crippen LogP contribution < -0.4 is 15.4 Å². The summed E-state index contributed by atoms with van der Waals surface area (Å²) in [5.41, 5.74) is 7.15. The van der Waals surface area contributed by atoms with Crippen molar-refractivity contribution >= 4 is 23.6 Å². The number of hydrogen-bond acceptors (Lipinski definition) is 5. The summed E-state index contributed by atoms with van der Waals surface area (Å²) in [7, 11) is 3.62. The van der Waals surface area contributed by atoms with Gasteiger partial charge in [-0.1, -0.05) is 13.0 Å². The first-order valence-corrected chi connectivity index (χ1v) is 10.7. The van der Waals surface area contributed by atoms with Crippen molar-refractivity contribution in [1.29, 1.82) is 0 Å². The van der Waals surface area contributed by atoms with Crippen LogP contribution in [0.3, 0.4) is 0 Å². The third kappa shape index (κ3) is 4.10. The minimum Gasteiger partial charge on any atom is -0.461 e. The van der Waals surface area contributed by atoms with Gasteiger partial charge in [0.25, 0.3) is 5.91 Å². The molecule has 0 bridgehead atoms. The van der Waals surface area contributed by atoms with E-state index < -0.39 is 0 Å². The van der Waals surface area contributed by atoms with Crippen molar-refractivity contribution in [3.63, 3.8) is 0 Å². The third-order valence-corrected chi connectivity index (χ3v) is 6.02. The van der Waals surface area contributed by atoms with Crippen LogP contribution in [0.15, 0.2) is 36.2 Å². The van der Waals surface area contributed by atoms with Gasteiger partial charge in [-0.05, 0) is 56.0 Å². The summed E-state index contributed by atoms with van der Waals surface area (Å²) >= 11 is 0. The number of nitrogens with zero attached hydrogens (tertiary/aromatic N) is 3. The Morgan fingerprint density at radius 3 is 2.66 bits per heavy atom. The van der Waals surface area contributed by atoms with E-state index in [0.717, 1.165) is 35.2 Å². The summed E-state index contributed by atoms with van der Waals surface area (Å²) < 4.78 is 8.26. The number of rotatable bonds is 5. The Morgan fingerprint density at radius 2 is 1.91 bits per heavy atom. The van der Waals surface area contributed by atoms with Gasteiger partial charge < -0.3 is 19.9 Å². The molecule has 166 valence electrons. The van der Waals surface area contributed by atoms with Gasteiger partial charge in [-0.25, -0.2) is 4.98 Å². The molecule has 1 unspecified atom stereocenters. The van der Waals surface area contributed by atoms with Crippen molar-refractivity contribution in [2.24, 2.45) is 13.0 Å². The molecule has 2 N–H and O–H groups in total. The number of nitrogens with one attached hydrogen (secondary N) is 2. The monoisotopic (exact) mass is 431 g/mol. The number of aryl methyl sites for hydroxylation is 3. The van der Waals surface area contributed by atoms with Crippen LogP contribution in [-0.2, 0) is 13.5 Å². The first-order valence-electron chi connectivity index (χ1n) is 10.7. The number of benzene rings is 1. The number of anilines is 2. The van der Waals surface area contributed by atoms with Crippen molar-refractivity contribution in [2.75, 3.05) is 12.4 Å². The van der Waals surface area contributed by atoms with Crippen LogP contribution >= 0.6 is 0 Å². The molecule has 2 aromatic heterocycles. The minimum absolute atomic E-state index is 0.172. The molecule has 0 radical (unpaired) electrons. The molecule has 7 heteroatoms. The van der Waals surface area contributed by atoms with E-state index in [1.54, 1.807) is 25.4 Å². The van der Waals surface area contributed by atoms with Gasteiger partial charge in [-0.2, -0.15) is 0 Å². The van der Waals surface area contributed by atoms with E-state index in [-0.39, 0.29) is 11.8 Å².